The molecule has 0 saturated carbocycles. The molecule has 0 unspecified atom stereocenters. The fourth-order valence-electron chi connectivity index (χ4n) is 1.79. The van der Waals surface area contributed by atoms with E-state index >= 15 is 0 Å². The summed E-state index contributed by atoms with van der Waals surface area (Å²) in [5, 5.41) is 0. The van der Waals surface area contributed by atoms with Crippen molar-refractivity contribution in [3.63, 3.8) is 0 Å². The molecule has 0 radical (unpaired) electrons. The highest BCUT2D eigenvalue weighted by Crippen LogP contribution is 2.19. The molecule has 0 spiro atoms. The first-order valence-corrected chi connectivity index (χ1v) is 9.51. The molecule has 0 fully saturated rings. The summed E-state index contributed by atoms with van der Waals surface area (Å²) < 4.78 is 52.3. The molecular formula is C12H21N3O4S2. The lowest BCUT2D eigenvalue weighted by molar-refractivity contribution is 0.445. The summed E-state index contributed by atoms with van der Waals surface area (Å²) in [6.07, 6.45) is 0. The Morgan fingerprint density at radius 2 is 1.67 bits per heavy atom. The highest BCUT2D eigenvalue weighted by atomic mass is 32.2. The Morgan fingerprint density at radius 1 is 1.10 bits per heavy atom. The van der Waals surface area contributed by atoms with Crippen LogP contribution >= 0.6 is 0 Å². The van der Waals surface area contributed by atoms with Gasteiger partial charge in [-0.15, -0.1) is 0 Å². The maximum Gasteiger partial charge on any atom is 0.243 e. The van der Waals surface area contributed by atoms with Crippen LogP contribution in [0.2, 0.25) is 0 Å². The molecule has 120 valence electrons. The van der Waals surface area contributed by atoms with Gasteiger partial charge in [0.05, 0.1) is 9.79 Å². The van der Waals surface area contributed by atoms with Gasteiger partial charge in [0.2, 0.25) is 20.0 Å². The van der Waals surface area contributed by atoms with Crippen LogP contribution in [0.3, 0.4) is 0 Å². The molecule has 0 aliphatic carbocycles. The highest BCUT2D eigenvalue weighted by molar-refractivity contribution is 7.90. The van der Waals surface area contributed by atoms with Crippen molar-refractivity contribution in [2.24, 2.45) is 5.73 Å². The maximum atomic E-state index is 12.4. The normalized spacial score (nSPS) is 12.8. The Hall–Kier alpha value is -1.00. The predicted molar refractivity (Wildman–Crippen MR) is 80.8 cm³/mol. The van der Waals surface area contributed by atoms with Crippen molar-refractivity contribution >= 4 is 20.0 Å². The minimum absolute atomic E-state index is 0.0400. The summed E-state index contributed by atoms with van der Waals surface area (Å²) in [6.45, 7) is 4.35. The summed E-state index contributed by atoms with van der Waals surface area (Å²) in [7, 11) is -7.45. The largest absolute Gasteiger partial charge is 0.329 e. The van der Waals surface area contributed by atoms with Gasteiger partial charge in [-0.05, 0) is 18.2 Å². The van der Waals surface area contributed by atoms with Gasteiger partial charge in [-0.3, -0.25) is 0 Å². The van der Waals surface area contributed by atoms with E-state index in [2.05, 4.69) is 4.72 Å². The lowest BCUT2D eigenvalue weighted by atomic mass is 10.4. The molecule has 0 aliphatic rings. The van der Waals surface area contributed by atoms with Crippen molar-refractivity contribution in [1.29, 1.82) is 0 Å². The van der Waals surface area contributed by atoms with Crippen LogP contribution in [0.5, 0.6) is 0 Å². The van der Waals surface area contributed by atoms with Crippen molar-refractivity contribution in [2.45, 2.75) is 23.6 Å². The summed E-state index contributed by atoms with van der Waals surface area (Å²) in [5.41, 5.74) is 5.26. The second-order valence-corrected chi connectivity index (χ2v) is 7.96. The lowest BCUT2D eigenvalue weighted by Crippen LogP contribution is -2.31. The molecule has 0 aliphatic heterocycles. The van der Waals surface area contributed by atoms with Crippen LogP contribution in [0.4, 0.5) is 0 Å². The van der Waals surface area contributed by atoms with E-state index in [1.54, 1.807) is 13.8 Å². The monoisotopic (exact) mass is 335 g/mol. The number of rotatable bonds is 8. The smallest absolute Gasteiger partial charge is 0.243 e. The molecule has 9 heteroatoms. The second-order valence-electron chi connectivity index (χ2n) is 4.25. The Bertz CT molecular complexity index is 667. The van der Waals surface area contributed by atoms with E-state index in [9.17, 15) is 16.8 Å². The zero-order valence-corrected chi connectivity index (χ0v) is 13.7. The van der Waals surface area contributed by atoms with Gasteiger partial charge in [-0.2, -0.15) is 4.31 Å². The Kier molecular flexibility index (Phi) is 6.29. The average molecular weight is 335 g/mol. The van der Waals surface area contributed by atoms with E-state index in [1.165, 1.54) is 22.5 Å². The van der Waals surface area contributed by atoms with Crippen LogP contribution < -0.4 is 10.5 Å². The van der Waals surface area contributed by atoms with Crippen LogP contribution in [0.25, 0.3) is 0 Å². The van der Waals surface area contributed by atoms with Crippen LogP contribution in [0, 0.1) is 0 Å². The quantitative estimate of drug-likeness (QED) is 0.692. The van der Waals surface area contributed by atoms with Crippen molar-refractivity contribution in [3.05, 3.63) is 24.3 Å². The Balaban J connectivity index is 3.23. The molecule has 0 bridgehead atoms. The minimum atomic E-state index is -3.76. The molecule has 1 aromatic rings. The standard InChI is InChI=1S/C12H21N3O4S2/c1-3-15(4-2)21(18,19)12-7-5-6-11(10-12)20(16,17)14-9-8-13/h5-7,10,14H,3-4,8-9,13H2,1-2H3. The van der Waals surface area contributed by atoms with Crippen LogP contribution in [0.1, 0.15) is 13.8 Å². The van der Waals surface area contributed by atoms with Gasteiger partial charge < -0.3 is 5.73 Å². The fraction of sp³-hybridized carbons (Fsp3) is 0.500. The molecular weight excluding hydrogens is 314 g/mol. The van der Waals surface area contributed by atoms with Crippen molar-refractivity contribution in [2.75, 3.05) is 26.2 Å². The van der Waals surface area contributed by atoms with E-state index in [4.69, 9.17) is 5.73 Å². The number of benzene rings is 1. The third-order valence-corrected chi connectivity index (χ3v) is 6.40. The van der Waals surface area contributed by atoms with Gasteiger partial charge >= 0.3 is 0 Å². The van der Waals surface area contributed by atoms with Crippen molar-refractivity contribution in [3.8, 4) is 0 Å². The zero-order valence-electron chi connectivity index (χ0n) is 12.1. The topological polar surface area (TPSA) is 110 Å². The molecule has 7 nitrogen and oxygen atoms in total. The number of nitrogens with one attached hydrogen (secondary N) is 1. The van der Waals surface area contributed by atoms with Gasteiger partial charge in [0.25, 0.3) is 0 Å². The third kappa shape index (κ3) is 4.24. The van der Waals surface area contributed by atoms with E-state index in [0.717, 1.165) is 6.07 Å². The molecule has 3 N–H and O–H groups in total. The third-order valence-electron chi connectivity index (χ3n) is 2.90. The first-order valence-electron chi connectivity index (χ1n) is 6.59. The molecule has 1 aromatic carbocycles. The summed E-state index contributed by atoms with van der Waals surface area (Å²) in [6, 6.07) is 5.30. The first-order chi connectivity index (χ1) is 9.79. The zero-order chi connectivity index (χ0) is 16.1. The number of sulfonamides is 2. The maximum absolute atomic E-state index is 12.4. The highest BCUT2D eigenvalue weighted by Gasteiger charge is 2.23. The molecule has 0 heterocycles. The van der Waals surface area contributed by atoms with Crippen molar-refractivity contribution in [1.82, 2.24) is 9.03 Å². The van der Waals surface area contributed by atoms with Gasteiger partial charge in [-0.1, -0.05) is 19.9 Å². The molecule has 0 saturated heterocycles. The first kappa shape index (κ1) is 18.1. The van der Waals surface area contributed by atoms with E-state index in [0.29, 0.717) is 13.1 Å². The molecule has 0 aromatic heterocycles. The number of nitrogens with zero attached hydrogens (tertiary/aromatic N) is 1. The van der Waals surface area contributed by atoms with E-state index in [1.807, 2.05) is 0 Å². The Morgan fingerprint density at radius 3 is 2.19 bits per heavy atom. The van der Waals surface area contributed by atoms with Gasteiger partial charge in [-0.25, -0.2) is 21.6 Å². The summed E-state index contributed by atoms with van der Waals surface area (Å²) in [5.74, 6) is 0. The number of hydrogen-bond acceptors (Lipinski definition) is 5. The van der Waals surface area contributed by atoms with E-state index < -0.39 is 20.0 Å². The minimum Gasteiger partial charge on any atom is -0.329 e. The van der Waals surface area contributed by atoms with Crippen LogP contribution in [-0.2, 0) is 20.0 Å². The number of hydrogen-bond donors (Lipinski definition) is 2. The van der Waals surface area contributed by atoms with Gasteiger partial charge in [0, 0.05) is 26.2 Å². The SMILES string of the molecule is CCN(CC)S(=O)(=O)c1cccc(S(=O)(=O)NCCN)c1. The molecule has 0 atom stereocenters. The molecule has 1 rings (SSSR count). The fourth-order valence-corrected chi connectivity index (χ4v) is 4.46. The number of nitrogens with two attached hydrogens (primary N) is 1. The van der Waals surface area contributed by atoms with Gasteiger partial charge in [0.15, 0.2) is 0 Å². The second kappa shape index (κ2) is 7.32. The van der Waals surface area contributed by atoms with Crippen LogP contribution in [0.15, 0.2) is 34.1 Å². The predicted octanol–water partition coefficient (Wildman–Crippen LogP) is -0.0459. The van der Waals surface area contributed by atoms with Crippen molar-refractivity contribution < 1.29 is 16.8 Å². The van der Waals surface area contributed by atoms with Crippen LogP contribution in [-0.4, -0.2) is 47.3 Å². The summed E-state index contributed by atoms with van der Waals surface area (Å²) in [4.78, 5) is -0.133. The average Bonchev–Trinajstić information content (AvgIpc) is 2.46. The van der Waals surface area contributed by atoms with Gasteiger partial charge in [0.1, 0.15) is 0 Å². The Labute approximate surface area is 126 Å². The summed E-state index contributed by atoms with van der Waals surface area (Å²) >= 11 is 0. The molecule has 21 heavy (non-hydrogen) atoms. The lowest BCUT2D eigenvalue weighted by Gasteiger charge is -2.18. The van der Waals surface area contributed by atoms with E-state index in [-0.39, 0.29) is 22.9 Å². The molecule has 0 amide bonds.